The van der Waals surface area contributed by atoms with Gasteiger partial charge in [-0.15, -0.1) is 0 Å². The Labute approximate surface area is 126 Å². The topological polar surface area (TPSA) is 12.0 Å². The van der Waals surface area contributed by atoms with E-state index in [0.29, 0.717) is 6.04 Å². The van der Waals surface area contributed by atoms with E-state index < -0.39 is 0 Å². The molecule has 106 valence electrons. The number of thioether (sulfide) groups is 1. The summed E-state index contributed by atoms with van der Waals surface area (Å²) in [7, 11) is 0. The highest BCUT2D eigenvalue weighted by molar-refractivity contribution is 7.98. The number of rotatable bonds is 8. The van der Waals surface area contributed by atoms with E-state index in [2.05, 4.69) is 23.7 Å². The number of benzene rings is 1. The van der Waals surface area contributed by atoms with Crippen molar-refractivity contribution in [2.24, 2.45) is 0 Å². The summed E-state index contributed by atoms with van der Waals surface area (Å²) in [6.07, 6.45) is 9.91. The molecular weight excluding hydrogens is 274 g/mol. The van der Waals surface area contributed by atoms with Crippen molar-refractivity contribution in [2.45, 2.75) is 44.6 Å². The number of unbranched alkanes of at least 4 members (excludes halogenated alkanes) is 3. The Bertz CT molecular complexity index is 394. The molecule has 1 atom stereocenters. The van der Waals surface area contributed by atoms with Crippen LogP contribution < -0.4 is 5.32 Å². The van der Waals surface area contributed by atoms with Crippen LogP contribution in [0.3, 0.4) is 0 Å². The zero-order valence-electron chi connectivity index (χ0n) is 11.8. The molecule has 1 aliphatic carbocycles. The zero-order chi connectivity index (χ0) is 13.5. The predicted octanol–water partition coefficient (Wildman–Crippen LogP) is 4.32. The predicted molar refractivity (Wildman–Crippen MR) is 87.5 cm³/mol. The van der Waals surface area contributed by atoms with E-state index in [9.17, 15) is 0 Å². The van der Waals surface area contributed by atoms with Crippen LogP contribution in [0.25, 0.3) is 0 Å². The summed E-state index contributed by atoms with van der Waals surface area (Å²) in [5, 5.41) is 4.56. The van der Waals surface area contributed by atoms with Crippen LogP contribution in [0.2, 0.25) is 5.02 Å². The van der Waals surface area contributed by atoms with Crippen LogP contribution in [0.15, 0.2) is 18.2 Å². The van der Waals surface area contributed by atoms with Gasteiger partial charge in [-0.1, -0.05) is 30.5 Å². The summed E-state index contributed by atoms with van der Waals surface area (Å²) < 4.78 is 0. The van der Waals surface area contributed by atoms with Gasteiger partial charge >= 0.3 is 0 Å². The van der Waals surface area contributed by atoms with Crippen molar-refractivity contribution in [3.63, 3.8) is 0 Å². The van der Waals surface area contributed by atoms with Crippen molar-refractivity contribution in [3.8, 4) is 0 Å². The summed E-state index contributed by atoms with van der Waals surface area (Å²) in [4.78, 5) is 0. The fraction of sp³-hybridized carbons (Fsp3) is 0.625. The quantitative estimate of drug-likeness (QED) is 0.717. The Kier molecular flexibility index (Phi) is 6.55. The molecule has 2 rings (SSSR count). The van der Waals surface area contributed by atoms with E-state index in [-0.39, 0.29) is 0 Å². The van der Waals surface area contributed by atoms with Gasteiger partial charge < -0.3 is 5.32 Å². The molecular formula is C16H24ClNS. The highest BCUT2D eigenvalue weighted by Crippen LogP contribution is 2.25. The average molecular weight is 298 g/mol. The lowest BCUT2D eigenvalue weighted by Gasteiger charge is -2.11. The van der Waals surface area contributed by atoms with Crippen molar-refractivity contribution >= 4 is 23.4 Å². The average Bonchev–Trinajstić information content (AvgIpc) is 2.79. The van der Waals surface area contributed by atoms with Gasteiger partial charge in [0.15, 0.2) is 0 Å². The molecule has 0 radical (unpaired) electrons. The molecule has 1 aliphatic rings. The number of hydrogen-bond acceptors (Lipinski definition) is 2. The SMILES string of the molecule is CSCCCCCCNC1Cc2ccc(Cl)cc2C1. The fourth-order valence-electron chi connectivity index (χ4n) is 2.76. The zero-order valence-corrected chi connectivity index (χ0v) is 13.3. The van der Waals surface area contributed by atoms with Gasteiger partial charge in [0.25, 0.3) is 0 Å². The van der Waals surface area contributed by atoms with Crippen LogP contribution in [-0.2, 0) is 12.8 Å². The second-order valence-electron chi connectivity index (χ2n) is 5.38. The summed E-state index contributed by atoms with van der Waals surface area (Å²) in [5.41, 5.74) is 2.91. The molecule has 0 saturated carbocycles. The van der Waals surface area contributed by atoms with Gasteiger partial charge in [-0.2, -0.15) is 11.8 Å². The molecule has 0 heterocycles. The lowest BCUT2D eigenvalue weighted by Crippen LogP contribution is -2.30. The lowest BCUT2D eigenvalue weighted by molar-refractivity contribution is 0.509. The van der Waals surface area contributed by atoms with E-state index in [1.54, 1.807) is 0 Å². The standard InChI is InChI=1S/C16H24ClNS/c1-19-9-5-3-2-4-8-18-16-11-13-6-7-15(17)10-14(13)12-16/h6-7,10,16,18H,2-5,8-9,11-12H2,1H3. The van der Waals surface area contributed by atoms with Gasteiger partial charge in [-0.05, 0) is 67.5 Å². The molecule has 0 aliphatic heterocycles. The first-order chi connectivity index (χ1) is 9.29. The van der Waals surface area contributed by atoms with E-state index in [1.807, 2.05) is 17.8 Å². The fourth-order valence-corrected chi connectivity index (χ4v) is 3.45. The Hall–Kier alpha value is -0.180. The van der Waals surface area contributed by atoms with Crippen molar-refractivity contribution < 1.29 is 0 Å². The van der Waals surface area contributed by atoms with Crippen molar-refractivity contribution in [1.82, 2.24) is 5.32 Å². The molecule has 0 spiro atoms. The minimum atomic E-state index is 0.625. The van der Waals surface area contributed by atoms with Crippen molar-refractivity contribution in [2.75, 3.05) is 18.6 Å². The largest absolute Gasteiger partial charge is 0.313 e. The summed E-state index contributed by atoms with van der Waals surface area (Å²) in [5.74, 6) is 1.31. The maximum absolute atomic E-state index is 6.04. The van der Waals surface area contributed by atoms with Crippen LogP contribution in [0.4, 0.5) is 0 Å². The van der Waals surface area contributed by atoms with E-state index >= 15 is 0 Å². The molecule has 0 bridgehead atoms. The van der Waals surface area contributed by atoms with Crippen LogP contribution in [-0.4, -0.2) is 24.6 Å². The molecule has 1 unspecified atom stereocenters. The van der Waals surface area contributed by atoms with E-state index in [0.717, 1.165) is 18.0 Å². The normalized spacial score (nSPS) is 17.7. The summed E-state index contributed by atoms with van der Waals surface area (Å²) in [6, 6.07) is 6.94. The molecule has 0 amide bonds. The smallest absolute Gasteiger partial charge is 0.0408 e. The maximum atomic E-state index is 6.04. The van der Waals surface area contributed by atoms with Gasteiger partial charge in [-0.3, -0.25) is 0 Å². The molecule has 0 aromatic heterocycles. The van der Waals surface area contributed by atoms with Crippen LogP contribution in [0.5, 0.6) is 0 Å². The van der Waals surface area contributed by atoms with E-state index in [1.165, 1.54) is 49.0 Å². The van der Waals surface area contributed by atoms with E-state index in [4.69, 9.17) is 11.6 Å². The number of halogens is 1. The van der Waals surface area contributed by atoms with Gasteiger partial charge in [0, 0.05) is 11.1 Å². The minimum Gasteiger partial charge on any atom is -0.313 e. The Morgan fingerprint density at radius 3 is 2.79 bits per heavy atom. The molecule has 1 aromatic rings. The van der Waals surface area contributed by atoms with Crippen molar-refractivity contribution in [3.05, 3.63) is 34.3 Å². The first-order valence-electron chi connectivity index (χ1n) is 7.29. The number of fused-ring (bicyclic) bond motifs is 1. The molecule has 19 heavy (non-hydrogen) atoms. The maximum Gasteiger partial charge on any atom is 0.0408 e. The first kappa shape index (κ1) is 15.2. The molecule has 1 N–H and O–H groups in total. The second kappa shape index (κ2) is 8.18. The summed E-state index contributed by atoms with van der Waals surface area (Å²) >= 11 is 7.99. The molecule has 1 aromatic carbocycles. The van der Waals surface area contributed by atoms with Gasteiger partial charge in [0.1, 0.15) is 0 Å². The highest BCUT2D eigenvalue weighted by Gasteiger charge is 2.20. The van der Waals surface area contributed by atoms with Gasteiger partial charge in [0.05, 0.1) is 0 Å². The second-order valence-corrected chi connectivity index (χ2v) is 6.80. The van der Waals surface area contributed by atoms with Gasteiger partial charge in [-0.25, -0.2) is 0 Å². The number of hydrogen-bond donors (Lipinski definition) is 1. The van der Waals surface area contributed by atoms with Gasteiger partial charge in [0.2, 0.25) is 0 Å². The minimum absolute atomic E-state index is 0.625. The molecule has 3 heteroatoms. The third-order valence-electron chi connectivity index (χ3n) is 3.81. The Morgan fingerprint density at radius 1 is 1.16 bits per heavy atom. The first-order valence-corrected chi connectivity index (χ1v) is 9.06. The third-order valence-corrected chi connectivity index (χ3v) is 4.74. The number of nitrogens with one attached hydrogen (secondary N) is 1. The Balaban J connectivity index is 1.59. The van der Waals surface area contributed by atoms with Crippen LogP contribution in [0.1, 0.15) is 36.8 Å². The van der Waals surface area contributed by atoms with Crippen LogP contribution in [0, 0.1) is 0 Å². The molecule has 0 fully saturated rings. The third kappa shape index (κ3) is 5.02. The highest BCUT2D eigenvalue weighted by atomic mass is 35.5. The summed E-state index contributed by atoms with van der Waals surface area (Å²) in [6.45, 7) is 1.16. The van der Waals surface area contributed by atoms with Crippen LogP contribution >= 0.6 is 23.4 Å². The monoisotopic (exact) mass is 297 g/mol. The molecule has 1 nitrogen and oxygen atoms in total. The lowest BCUT2D eigenvalue weighted by atomic mass is 10.1. The van der Waals surface area contributed by atoms with Crippen molar-refractivity contribution in [1.29, 1.82) is 0 Å². The molecule has 0 saturated heterocycles. The Morgan fingerprint density at radius 2 is 1.95 bits per heavy atom.